The predicted molar refractivity (Wildman–Crippen MR) is 139 cm³/mol. The van der Waals surface area contributed by atoms with Crippen LogP contribution in [0.1, 0.15) is 11.0 Å². The Balaban J connectivity index is 1.98. The smallest absolute Gasteiger partial charge is 0.219 e. The van der Waals surface area contributed by atoms with E-state index in [1.54, 1.807) is 0 Å². The number of rotatable bonds is 6. The van der Waals surface area contributed by atoms with Gasteiger partial charge >= 0.3 is 0 Å². The number of phenols is 1. The first-order valence-corrected chi connectivity index (χ1v) is 12.6. The maximum absolute atomic E-state index is 13.9. The molecule has 16 heteroatoms. The molecular formula is C27H32O16. The van der Waals surface area contributed by atoms with E-state index in [1.165, 1.54) is 0 Å². The molecule has 11 atom stereocenters. The van der Waals surface area contributed by atoms with Gasteiger partial charge in [0, 0.05) is 0 Å². The zero-order chi connectivity index (χ0) is 35.4. The fourth-order valence-corrected chi connectivity index (χ4v) is 5.04. The van der Waals surface area contributed by atoms with Gasteiger partial charge in [-0.3, -0.25) is 9.59 Å². The largest absolute Gasteiger partial charge is 0.508 e. The number of ketones is 2. The summed E-state index contributed by atoms with van der Waals surface area (Å²) in [6.45, 7) is -2.13. The van der Waals surface area contributed by atoms with Crippen LogP contribution >= 0.6 is 0 Å². The number of allylic oxidation sites excluding steroid dienone is 2. The number of aliphatic hydroxyl groups excluding tert-OH is 10. The molecule has 236 valence electrons. The molecule has 4 rings (SSSR count). The third-order valence-electron chi connectivity index (χ3n) is 7.43. The van der Waals surface area contributed by atoms with Crippen molar-refractivity contribution in [2.75, 3.05) is 13.2 Å². The highest BCUT2D eigenvalue weighted by atomic mass is 16.6. The summed E-state index contributed by atoms with van der Waals surface area (Å²) < 4.78 is 42.0. The average molecular weight is 617 g/mol. The molecule has 2 heterocycles. The van der Waals surface area contributed by atoms with E-state index in [4.69, 9.17) is 15.0 Å². The number of hydrogen-bond donors (Lipinski definition) is 12. The number of aliphatic hydroxyl groups is 11. The Hall–Kier alpha value is -3.26. The Kier molecular flexibility index (Phi) is 7.86. The van der Waals surface area contributed by atoms with E-state index in [0.29, 0.717) is 12.2 Å². The molecule has 1 aromatic rings. The van der Waals surface area contributed by atoms with Crippen LogP contribution in [0.2, 0.25) is 0 Å². The van der Waals surface area contributed by atoms with Crippen molar-refractivity contribution in [2.24, 2.45) is 0 Å². The van der Waals surface area contributed by atoms with Gasteiger partial charge in [0.1, 0.15) is 83.9 Å². The minimum Gasteiger partial charge on any atom is -0.508 e. The van der Waals surface area contributed by atoms with E-state index in [2.05, 4.69) is 0 Å². The van der Waals surface area contributed by atoms with Gasteiger partial charge < -0.3 is 70.8 Å². The summed E-state index contributed by atoms with van der Waals surface area (Å²) in [6.07, 6.45) is -20.5. The molecule has 2 saturated heterocycles. The van der Waals surface area contributed by atoms with Gasteiger partial charge in [-0.1, -0.05) is 18.2 Å². The fourth-order valence-electron chi connectivity index (χ4n) is 5.04. The normalized spacial score (nSPS) is 41.6. The van der Waals surface area contributed by atoms with E-state index in [0.717, 1.165) is 0 Å². The summed E-state index contributed by atoms with van der Waals surface area (Å²) in [5, 5.41) is 126. The first-order chi connectivity index (χ1) is 21.9. The molecule has 0 amide bonds. The van der Waals surface area contributed by atoms with Gasteiger partial charge in [0.15, 0.2) is 0 Å². The topological polar surface area (TPSA) is 295 Å². The monoisotopic (exact) mass is 616 g/mol. The average Bonchev–Trinajstić information content (AvgIpc) is 3.04. The molecule has 0 saturated carbocycles. The highest BCUT2D eigenvalue weighted by Gasteiger charge is 2.65. The number of aromatic hydroxyl groups is 1. The molecule has 0 spiro atoms. The molecule has 1 unspecified atom stereocenters. The third-order valence-corrected chi connectivity index (χ3v) is 7.43. The minimum absolute atomic E-state index is 0.513. The van der Waals surface area contributed by atoms with Crippen molar-refractivity contribution in [3.63, 3.8) is 0 Å². The molecular weight excluding hydrogens is 580 g/mol. The van der Waals surface area contributed by atoms with Gasteiger partial charge in [0.05, 0.1) is 24.3 Å². The molecule has 2 fully saturated rings. The number of carbonyl (C=O) groups is 2. The van der Waals surface area contributed by atoms with Gasteiger partial charge in [0.25, 0.3) is 0 Å². The van der Waals surface area contributed by atoms with Crippen LogP contribution in [0.4, 0.5) is 0 Å². The lowest BCUT2D eigenvalue weighted by Gasteiger charge is -2.48. The van der Waals surface area contributed by atoms with Gasteiger partial charge in [-0.05, 0) is 23.7 Å². The third kappa shape index (κ3) is 5.47. The quantitative estimate of drug-likeness (QED) is 0.0816. The SMILES string of the molecule is [2H]c1c([2H])c(/C=C/C(O)=C2C(=O)C(O)([C@@H]3O[C@H](CO)[C@@H](O)[C@H](O)[C@H]3O)C(=O)C([C@@H]3O[C@H](CO)[C@@H](O)[C@H](O)[C@H]3O)=C2O)c([2H])c([2H])c1O. The van der Waals surface area contributed by atoms with Crippen LogP contribution in [0, 0.1) is 0 Å². The van der Waals surface area contributed by atoms with Crippen LogP contribution < -0.4 is 0 Å². The second-order valence-electron chi connectivity index (χ2n) is 10.0. The van der Waals surface area contributed by atoms with E-state index in [-0.39, 0.29) is 0 Å². The van der Waals surface area contributed by atoms with Crippen molar-refractivity contribution in [3.05, 3.63) is 58.5 Å². The molecule has 2 aliphatic heterocycles. The van der Waals surface area contributed by atoms with Gasteiger partial charge in [-0.25, -0.2) is 0 Å². The Bertz CT molecular complexity index is 1510. The molecule has 0 aromatic heterocycles. The summed E-state index contributed by atoms with van der Waals surface area (Å²) in [5.41, 5.74) is -7.02. The number of benzene rings is 1. The molecule has 43 heavy (non-hydrogen) atoms. The Morgan fingerprint density at radius 3 is 1.91 bits per heavy atom. The van der Waals surface area contributed by atoms with Crippen LogP contribution in [-0.4, -0.2) is 153 Å². The summed E-state index contributed by atoms with van der Waals surface area (Å²) >= 11 is 0. The van der Waals surface area contributed by atoms with Crippen molar-refractivity contribution < 1.29 is 85.8 Å². The number of hydrogen-bond acceptors (Lipinski definition) is 16. The standard InChI is InChI=1S/C27H32O16/c28-7-12-16(32)19(35)21(37)23(42-12)15-18(34)14(11(31)6-3-9-1-4-10(30)5-2-9)24(39)27(41,25(15)40)26-22(38)20(36)17(33)13(8-29)43-26/h1-6,12-13,16-17,19-23,26,28-38,41H,7-8H2/b6-3+,14-11?/t12-,13-,16-,17-,19+,20+,21-,22-,23+,26-,27?/m1/s1/i1D,2D,4D,5D. The highest BCUT2D eigenvalue weighted by Crippen LogP contribution is 2.42. The van der Waals surface area contributed by atoms with Crippen molar-refractivity contribution >= 4 is 17.6 Å². The van der Waals surface area contributed by atoms with Crippen molar-refractivity contribution in [3.8, 4) is 5.75 Å². The second-order valence-corrected chi connectivity index (χ2v) is 10.0. The maximum atomic E-state index is 13.9. The summed E-state index contributed by atoms with van der Waals surface area (Å²) in [5.74, 6) is -7.74. The van der Waals surface area contributed by atoms with Crippen LogP contribution in [-0.2, 0) is 19.1 Å². The molecule has 3 aliphatic rings. The lowest BCUT2D eigenvalue weighted by Crippen LogP contribution is -2.72. The van der Waals surface area contributed by atoms with E-state index in [9.17, 15) is 70.9 Å². The summed E-state index contributed by atoms with van der Waals surface area (Å²) in [4.78, 5) is 27.8. The van der Waals surface area contributed by atoms with Gasteiger partial charge in [-0.15, -0.1) is 0 Å². The zero-order valence-corrected chi connectivity index (χ0v) is 21.8. The maximum Gasteiger partial charge on any atom is 0.219 e. The Morgan fingerprint density at radius 2 is 1.35 bits per heavy atom. The van der Waals surface area contributed by atoms with Crippen molar-refractivity contribution in [2.45, 2.75) is 66.6 Å². The second kappa shape index (κ2) is 12.4. The zero-order valence-electron chi connectivity index (χ0n) is 25.8. The Morgan fingerprint density at radius 1 is 0.814 bits per heavy atom. The van der Waals surface area contributed by atoms with Crippen LogP contribution in [0.5, 0.6) is 5.75 Å². The molecule has 1 aliphatic carbocycles. The molecule has 12 N–H and O–H groups in total. The molecule has 0 bridgehead atoms. The number of carbonyl (C=O) groups excluding carboxylic acids is 2. The summed E-state index contributed by atoms with van der Waals surface area (Å²) in [6, 6.07) is -3.41. The van der Waals surface area contributed by atoms with Crippen LogP contribution in [0.25, 0.3) is 6.08 Å². The lowest BCUT2D eigenvalue weighted by molar-refractivity contribution is -0.261. The minimum atomic E-state index is -3.78. The first-order valence-electron chi connectivity index (χ1n) is 14.6. The molecule has 16 nitrogen and oxygen atoms in total. The molecule has 1 aromatic carbocycles. The predicted octanol–water partition coefficient (Wildman–Crippen LogP) is -4.40. The van der Waals surface area contributed by atoms with Gasteiger partial charge in [-0.2, -0.15) is 0 Å². The number of Topliss-reactive ketones (excluding diaryl/α,β-unsaturated/α-hetero) is 2. The number of ether oxygens (including phenoxy) is 2. The molecule has 0 radical (unpaired) electrons. The Labute approximate surface area is 248 Å². The highest BCUT2D eigenvalue weighted by molar-refractivity contribution is 6.28. The number of phenolic OH excluding ortho intramolecular Hbond substituents is 1. The van der Waals surface area contributed by atoms with Crippen molar-refractivity contribution in [1.82, 2.24) is 0 Å². The van der Waals surface area contributed by atoms with Crippen LogP contribution in [0.15, 0.2) is 52.9 Å². The van der Waals surface area contributed by atoms with E-state index in [1.807, 2.05) is 0 Å². The van der Waals surface area contributed by atoms with Gasteiger partial charge in [0.2, 0.25) is 17.2 Å². The van der Waals surface area contributed by atoms with Crippen molar-refractivity contribution in [1.29, 1.82) is 0 Å². The van der Waals surface area contributed by atoms with E-state index >= 15 is 0 Å². The summed E-state index contributed by atoms with van der Waals surface area (Å²) in [7, 11) is 0. The lowest BCUT2D eigenvalue weighted by atomic mass is 9.69. The first kappa shape index (κ1) is 27.3. The van der Waals surface area contributed by atoms with Crippen LogP contribution in [0.3, 0.4) is 0 Å². The van der Waals surface area contributed by atoms with E-state index < -0.39 is 150 Å². The fraction of sp³-hybridized carbons (Fsp3) is 0.481.